The number of rotatable bonds is 6. The Morgan fingerprint density at radius 3 is 2.65 bits per heavy atom. The van der Waals surface area contributed by atoms with Gasteiger partial charge in [-0.15, -0.1) is 0 Å². The maximum absolute atomic E-state index is 12.5. The van der Waals surface area contributed by atoms with E-state index in [1.165, 1.54) is 0 Å². The first-order chi connectivity index (χ1) is 11.0. The Bertz CT molecular complexity index is 688. The van der Waals surface area contributed by atoms with Gasteiger partial charge in [-0.3, -0.25) is 4.79 Å². The molecule has 0 saturated heterocycles. The molecule has 0 spiro atoms. The summed E-state index contributed by atoms with van der Waals surface area (Å²) in [5.41, 5.74) is 1.57. The van der Waals surface area contributed by atoms with E-state index >= 15 is 0 Å². The first-order valence-electron chi connectivity index (χ1n) is 7.42. The van der Waals surface area contributed by atoms with Crippen LogP contribution in [-0.2, 0) is 0 Å². The van der Waals surface area contributed by atoms with Crippen molar-refractivity contribution in [2.24, 2.45) is 0 Å². The van der Waals surface area contributed by atoms with E-state index in [0.29, 0.717) is 23.7 Å². The van der Waals surface area contributed by atoms with Gasteiger partial charge in [-0.2, -0.15) is 0 Å². The van der Waals surface area contributed by atoms with Gasteiger partial charge in [-0.25, -0.2) is 0 Å². The lowest BCUT2D eigenvalue weighted by Gasteiger charge is -2.16. The minimum atomic E-state index is -0.152. The molecule has 122 valence electrons. The molecule has 1 amide bonds. The van der Waals surface area contributed by atoms with Gasteiger partial charge in [0.15, 0.2) is 11.5 Å². The molecule has 0 saturated carbocycles. The number of ether oxygens (including phenoxy) is 2. The van der Waals surface area contributed by atoms with E-state index < -0.39 is 0 Å². The normalized spacial score (nSPS) is 11.7. The molecule has 0 aliphatic heterocycles. The number of carbonyl (C=O) groups is 1. The third-order valence-electron chi connectivity index (χ3n) is 3.42. The number of nitrogens with one attached hydrogen (secondary N) is 1. The maximum atomic E-state index is 12.5. The summed E-state index contributed by atoms with van der Waals surface area (Å²) in [5.74, 6) is 1.03. The van der Waals surface area contributed by atoms with Gasteiger partial charge in [0.05, 0.1) is 19.8 Å². The van der Waals surface area contributed by atoms with Gasteiger partial charge in [-0.05, 0) is 49.7 Å². The highest BCUT2D eigenvalue weighted by molar-refractivity contribution is 9.10. The third-order valence-corrected chi connectivity index (χ3v) is 3.92. The largest absolute Gasteiger partial charge is 0.493 e. The van der Waals surface area contributed by atoms with E-state index in [1.54, 1.807) is 25.3 Å². The monoisotopic (exact) mass is 377 g/mol. The molecule has 0 aliphatic rings. The Kier molecular flexibility index (Phi) is 6.04. The lowest BCUT2D eigenvalue weighted by atomic mass is 10.1. The van der Waals surface area contributed by atoms with E-state index in [2.05, 4.69) is 21.2 Å². The second-order valence-electron chi connectivity index (χ2n) is 5.05. The van der Waals surface area contributed by atoms with Crippen molar-refractivity contribution in [1.29, 1.82) is 0 Å². The van der Waals surface area contributed by atoms with Crippen LogP contribution in [0.5, 0.6) is 11.5 Å². The van der Waals surface area contributed by atoms with Crippen LogP contribution in [0.1, 0.15) is 35.8 Å². The van der Waals surface area contributed by atoms with Crippen molar-refractivity contribution < 1.29 is 14.3 Å². The molecule has 0 fully saturated rings. The molecule has 1 unspecified atom stereocenters. The van der Waals surface area contributed by atoms with E-state index in [1.807, 2.05) is 38.1 Å². The molecule has 2 aromatic rings. The molecule has 0 heterocycles. The van der Waals surface area contributed by atoms with Crippen molar-refractivity contribution >= 4 is 21.8 Å². The fraction of sp³-hybridized carbons (Fsp3) is 0.278. The molecule has 23 heavy (non-hydrogen) atoms. The number of methoxy groups -OCH3 is 1. The van der Waals surface area contributed by atoms with Gasteiger partial charge in [0.1, 0.15) is 0 Å². The highest BCUT2D eigenvalue weighted by Crippen LogP contribution is 2.28. The summed E-state index contributed by atoms with van der Waals surface area (Å²) in [6, 6.07) is 12.9. The molecule has 1 N–H and O–H groups in total. The molecule has 0 aliphatic carbocycles. The highest BCUT2D eigenvalue weighted by atomic mass is 79.9. The Balaban J connectivity index is 2.15. The van der Waals surface area contributed by atoms with Crippen molar-refractivity contribution in [2.45, 2.75) is 19.9 Å². The molecule has 0 aromatic heterocycles. The van der Waals surface area contributed by atoms with Crippen LogP contribution < -0.4 is 14.8 Å². The summed E-state index contributed by atoms with van der Waals surface area (Å²) in [7, 11) is 1.58. The zero-order valence-corrected chi connectivity index (χ0v) is 15.0. The van der Waals surface area contributed by atoms with Crippen LogP contribution in [0, 0.1) is 0 Å². The average Bonchev–Trinajstić information content (AvgIpc) is 2.55. The topological polar surface area (TPSA) is 47.6 Å². The molecule has 0 bridgehead atoms. The first kappa shape index (κ1) is 17.3. The van der Waals surface area contributed by atoms with Gasteiger partial charge in [0, 0.05) is 10.0 Å². The van der Waals surface area contributed by atoms with Crippen molar-refractivity contribution in [3.8, 4) is 11.5 Å². The van der Waals surface area contributed by atoms with Crippen LogP contribution in [0.3, 0.4) is 0 Å². The molecular formula is C18H20BrNO3. The smallest absolute Gasteiger partial charge is 0.251 e. The summed E-state index contributed by atoms with van der Waals surface area (Å²) in [6.07, 6.45) is 0. The van der Waals surface area contributed by atoms with Crippen LogP contribution >= 0.6 is 15.9 Å². The van der Waals surface area contributed by atoms with Crippen molar-refractivity contribution in [3.63, 3.8) is 0 Å². The standard InChI is InChI=1S/C18H20BrNO3/c1-4-23-17-11-14(8-9-16(17)22-3)18(21)20-12(2)13-6-5-7-15(19)10-13/h5-12H,4H2,1-3H3,(H,20,21). The first-order valence-corrected chi connectivity index (χ1v) is 8.21. The molecule has 1 atom stereocenters. The number of benzene rings is 2. The maximum Gasteiger partial charge on any atom is 0.251 e. The SMILES string of the molecule is CCOc1cc(C(=O)NC(C)c2cccc(Br)c2)ccc1OC. The lowest BCUT2D eigenvalue weighted by Crippen LogP contribution is -2.26. The Morgan fingerprint density at radius 2 is 2.00 bits per heavy atom. The highest BCUT2D eigenvalue weighted by Gasteiger charge is 2.14. The summed E-state index contributed by atoms with van der Waals surface area (Å²) in [6.45, 7) is 4.35. The predicted molar refractivity (Wildman–Crippen MR) is 94.2 cm³/mol. The minimum absolute atomic E-state index is 0.0994. The zero-order valence-electron chi connectivity index (χ0n) is 13.4. The summed E-state index contributed by atoms with van der Waals surface area (Å²) in [5, 5.41) is 2.99. The Morgan fingerprint density at radius 1 is 1.22 bits per heavy atom. The third kappa shape index (κ3) is 4.48. The minimum Gasteiger partial charge on any atom is -0.493 e. The van der Waals surface area contributed by atoms with Gasteiger partial charge >= 0.3 is 0 Å². The van der Waals surface area contributed by atoms with Crippen LogP contribution in [-0.4, -0.2) is 19.6 Å². The Labute approximate surface area is 144 Å². The lowest BCUT2D eigenvalue weighted by molar-refractivity contribution is 0.0939. The van der Waals surface area contributed by atoms with Crippen molar-refractivity contribution in [1.82, 2.24) is 5.32 Å². The second-order valence-corrected chi connectivity index (χ2v) is 5.96. The summed E-state index contributed by atoms with van der Waals surface area (Å²) >= 11 is 3.44. The molecule has 0 radical (unpaired) electrons. The quantitative estimate of drug-likeness (QED) is 0.813. The van der Waals surface area contributed by atoms with E-state index in [9.17, 15) is 4.79 Å². The van der Waals surface area contributed by atoms with Crippen LogP contribution in [0.2, 0.25) is 0 Å². The van der Waals surface area contributed by atoms with Crippen LogP contribution in [0.25, 0.3) is 0 Å². The molecule has 5 heteroatoms. The second kappa shape index (κ2) is 8.02. The number of hydrogen-bond donors (Lipinski definition) is 1. The van der Waals surface area contributed by atoms with E-state index in [-0.39, 0.29) is 11.9 Å². The molecular weight excluding hydrogens is 358 g/mol. The zero-order chi connectivity index (χ0) is 16.8. The van der Waals surface area contributed by atoms with Gasteiger partial charge in [0.25, 0.3) is 5.91 Å². The predicted octanol–water partition coefficient (Wildman–Crippen LogP) is 4.35. The fourth-order valence-corrected chi connectivity index (χ4v) is 2.64. The fourth-order valence-electron chi connectivity index (χ4n) is 2.23. The van der Waals surface area contributed by atoms with E-state index in [4.69, 9.17) is 9.47 Å². The summed E-state index contributed by atoms with van der Waals surface area (Å²) < 4.78 is 11.7. The van der Waals surface area contributed by atoms with Gasteiger partial charge in [0.2, 0.25) is 0 Å². The molecule has 2 aromatic carbocycles. The molecule has 4 nitrogen and oxygen atoms in total. The number of halogens is 1. The number of amides is 1. The van der Waals surface area contributed by atoms with Crippen LogP contribution in [0.15, 0.2) is 46.9 Å². The van der Waals surface area contributed by atoms with Gasteiger partial charge < -0.3 is 14.8 Å². The van der Waals surface area contributed by atoms with Crippen molar-refractivity contribution in [3.05, 3.63) is 58.1 Å². The Hall–Kier alpha value is -2.01. The van der Waals surface area contributed by atoms with Crippen LogP contribution in [0.4, 0.5) is 0 Å². The van der Waals surface area contributed by atoms with Gasteiger partial charge in [-0.1, -0.05) is 28.1 Å². The number of hydrogen-bond acceptors (Lipinski definition) is 3. The van der Waals surface area contributed by atoms with E-state index in [0.717, 1.165) is 10.0 Å². The summed E-state index contributed by atoms with van der Waals surface area (Å²) in [4.78, 5) is 12.5. The van der Waals surface area contributed by atoms with Crippen molar-refractivity contribution in [2.75, 3.05) is 13.7 Å². The average molecular weight is 378 g/mol. The number of carbonyl (C=O) groups excluding carboxylic acids is 1. The molecule has 2 rings (SSSR count).